The monoisotopic (exact) mass is 286 g/mol. The summed E-state index contributed by atoms with van der Waals surface area (Å²) in [6, 6.07) is -0.416. The van der Waals surface area contributed by atoms with E-state index in [2.05, 4.69) is 5.32 Å². The van der Waals surface area contributed by atoms with E-state index in [1.807, 2.05) is 0 Å². The second kappa shape index (κ2) is 6.92. The third-order valence-corrected chi connectivity index (χ3v) is 3.23. The van der Waals surface area contributed by atoms with Gasteiger partial charge in [-0.05, 0) is 47.0 Å². The van der Waals surface area contributed by atoms with Crippen LogP contribution in [0.25, 0.3) is 0 Å². The lowest BCUT2D eigenvalue weighted by molar-refractivity contribution is -0.149. The van der Waals surface area contributed by atoms with Crippen LogP contribution in [0.15, 0.2) is 0 Å². The molecule has 0 aromatic heterocycles. The zero-order chi connectivity index (χ0) is 15.3. The lowest BCUT2D eigenvalue weighted by Crippen LogP contribution is -2.53. The van der Waals surface area contributed by atoms with E-state index in [-0.39, 0.29) is 24.0 Å². The molecule has 0 aromatic carbocycles. The summed E-state index contributed by atoms with van der Waals surface area (Å²) in [5.74, 6) is -0.412. The van der Waals surface area contributed by atoms with Gasteiger partial charge < -0.3 is 20.5 Å². The highest BCUT2D eigenvalue weighted by Gasteiger charge is 2.34. The molecule has 20 heavy (non-hydrogen) atoms. The molecule has 3 N–H and O–H groups in total. The fraction of sp³-hybridized carbons (Fsp3) is 0.857. The van der Waals surface area contributed by atoms with Crippen molar-refractivity contribution in [2.24, 2.45) is 11.7 Å². The van der Waals surface area contributed by atoms with Crippen LogP contribution in [0.1, 0.15) is 47.0 Å². The van der Waals surface area contributed by atoms with Gasteiger partial charge in [-0.2, -0.15) is 0 Å². The van der Waals surface area contributed by atoms with Crippen molar-refractivity contribution in [3.8, 4) is 0 Å². The van der Waals surface area contributed by atoms with Crippen molar-refractivity contribution in [1.82, 2.24) is 5.32 Å². The van der Waals surface area contributed by atoms with Gasteiger partial charge in [-0.25, -0.2) is 4.79 Å². The number of hydrogen-bond donors (Lipinski definition) is 2. The van der Waals surface area contributed by atoms with E-state index in [9.17, 15) is 9.59 Å². The van der Waals surface area contributed by atoms with Crippen molar-refractivity contribution in [3.63, 3.8) is 0 Å². The number of ether oxygens (including phenoxy) is 2. The van der Waals surface area contributed by atoms with E-state index in [0.717, 1.165) is 0 Å². The molecule has 1 rings (SSSR count). The standard InChI is InChI=1S/C14H26N2O4/c1-5-19-12(17)9-6-7-10(15)11(8-9)16-13(18)20-14(2,3)4/h9-11H,5-8,15H2,1-4H3,(H,16,18)/t9-,10-,11?/m0/s1. The van der Waals surface area contributed by atoms with E-state index in [0.29, 0.717) is 25.9 Å². The van der Waals surface area contributed by atoms with Crippen molar-refractivity contribution in [2.45, 2.75) is 64.6 Å². The fourth-order valence-electron chi connectivity index (χ4n) is 2.29. The summed E-state index contributed by atoms with van der Waals surface area (Å²) < 4.78 is 10.2. The van der Waals surface area contributed by atoms with E-state index < -0.39 is 11.7 Å². The Bertz CT molecular complexity index is 352. The minimum atomic E-state index is -0.552. The molecule has 6 heteroatoms. The van der Waals surface area contributed by atoms with Crippen LogP contribution in [0.2, 0.25) is 0 Å². The number of hydrogen-bond acceptors (Lipinski definition) is 5. The predicted molar refractivity (Wildman–Crippen MR) is 75.1 cm³/mol. The summed E-state index contributed by atoms with van der Waals surface area (Å²) in [6.45, 7) is 7.55. The summed E-state index contributed by atoms with van der Waals surface area (Å²) in [6.07, 6.45) is 1.39. The number of carbonyl (C=O) groups is 2. The number of alkyl carbamates (subject to hydrolysis) is 1. The molecule has 116 valence electrons. The highest BCUT2D eigenvalue weighted by molar-refractivity contribution is 5.73. The lowest BCUT2D eigenvalue weighted by Gasteiger charge is -2.34. The maximum atomic E-state index is 11.8. The van der Waals surface area contributed by atoms with E-state index in [1.54, 1.807) is 27.7 Å². The number of amides is 1. The molecule has 0 saturated heterocycles. The van der Waals surface area contributed by atoms with Crippen molar-refractivity contribution in [2.75, 3.05) is 6.61 Å². The summed E-state index contributed by atoms with van der Waals surface area (Å²) in [4.78, 5) is 23.5. The minimum absolute atomic E-state index is 0.159. The van der Waals surface area contributed by atoms with Gasteiger partial charge in [0.25, 0.3) is 0 Å². The molecule has 1 unspecified atom stereocenters. The average molecular weight is 286 g/mol. The summed E-state index contributed by atoms with van der Waals surface area (Å²) in [5, 5.41) is 2.76. The van der Waals surface area contributed by atoms with Gasteiger partial charge in [0, 0.05) is 12.1 Å². The molecule has 1 fully saturated rings. The van der Waals surface area contributed by atoms with Crippen molar-refractivity contribution < 1.29 is 19.1 Å². The van der Waals surface area contributed by atoms with E-state index in [1.165, 1.54) is 0 Å². The Hall–Kier alpha value is -1.30. The van der Waals surface area contributed by atoms with Crippen molar-refractivity contribution in [3.05, 3.63) is 0 Å². The van der Waals surface area contributed by atoms with Gasteiger partial charge >= 0.3 is 12.1 Å². The SMILES string of the molecule is CCOC(=O)[C@H]1CC[C@H](N)C(NC(=O)OC(C)(C)C)C1. The molecule has 6 nitrogen and oxygen atoms in total. The van der Waals surface area contributed by atoms with Crippen molar-refractivity contribution in [1.29, 1.82) is 0 Å². The van der Waals surface area contributed by atoms with E-state index in [4.69, 9.17) is 15.2 Å². The van der Waals surface area contributed by atoms with Gasteiger partial charge in [0.2, 0.25) is 0 Å². The maximum Gasteiger partial charge on any atom is 0.407 e. The van der Waals surface area contributed by atoms with Crippen LogP contribution in [0.5, 0.6) is 0 Å². The second-order valence-corrected chi connectivity index (χ2v) is 6.18. The Morgan fingerprint density at radius 1 is 1.30 bits per heavy atom. The van der Waals surface area contributed by atoms with Crippen LogP contribution in [0, 0.1) is 5.92 Å². The Labute approximate surface area is 120 Å². The number of rotatable bonds is 3. The van der Waals surface area contributed by atoms with Crippen LogP contribution in [0.4, 0.5) is 4.79 Å². The van der Waals surface area contributed by atoms with Crippen LogP contribution in [-0.2, 0) is 14.3 Å². The molecular weight excluding hydrogens is 260 g/mol. The molecule has 0 heterocycles. The number of nitrogens with two attached hydrogens (primary N) is 1. The van der Waals surface area contributed by atoms with Gasteiger partial charge in [0.1, 0.15) is 5.60 Å². The second-order valence-electron chi connectivity index (χ2n) is 6.18. The minimum Gasteiger partial charge on any atom is -0.466 e. The molecule has 0 aromatic rings. The van der Waals surface area contributed by atoms with Crippen LogP contribution >= 0.6 is 0 Å². The van der Waals surface area contributed by atoms with Gasteiger partial charge in [-0.3, -0.25) is 4.79 Å². The smallest absolute Gasteiger partial charge is 0.407 e. The topological polar surface area (TPSA) is 90.6 Å². The average Bonchev–Trinajstić information content (AvgIpc) is 2.29. The molecule has 1 aliphatic carbocycles. The normalized spacial score (nSPS) is 26.8. The molecule has 0 bridgehead atoms. The number of nitrogens with one attached hydrogen (secondary N) is 1. The van der Waals surface area contributed by atoms with Crippen LogP contribution in [0.3, 0.4) is 0 Å². The Morgan fingerprint density at radius 3 is 2.50 bits per heavy atom. The fourth-order valence-corrected chi connectivity index (χ4v) is 2.29. The van der Waals surface area contributed by atoms with Gasteiger partial charge in [-0.15, -0.1) is 0 Å². The molecule has 0 radical (unpaired) electrons. The Balaban J connectivity index is 2.54. The Kier molecular flexibility index (Phi) is 5.80. The first-order valence-corrected chi connectivity index (χ1v) is 7.14. The molecule has 0 spiro atoms. The first-order valence-electron chi connectivity index (χ1n) is 7.14. The zero-order valence-electron chi connectivity index (χ0n) is 12.8. The van der Waals surface area contributed by atoms with Gasteiger partial charge in [-0.1, -0.05) is 0 Å². The lowest BCUT2D eigenvalue weighted by atomic mass is 9.83. The van der Waals surface area contributed by atoms with Crippen LogP contribution < -0.4 is 11.1 Å². The summed E-state index contributed by atoms with van der Waals surface area (Å²) in [7, 11) is 0. The molecule has 1 aliphatic rings. The quantitative estimate of drug-likeness (QED) is 0.768. The highest BCUT2D eigenvalue weighted by atomic mass is 16.6. The molecule has 1 saturated carbocycles. The third-order valence-electron chi connectivity index (χ3n) is 3.23. The molecular formula is C14H26N2O4. The Morgan fingerprint density at radius 2 is 1.95 bits per heavy atom. The van der Waals surface area contributed by atoms with E-state index >= 15 is 0 Å². The third kappa shape index (κ3) is 5.36. The molecule has 1 amide bonds. The molecule has 3 atom stereocenters. The summed E-state index contributed by atoms with van der Waals surface area (Å²) >= 11 is 0. The summed E-state index contributed by atoms with van der Waals surface area (Å²) in [5.41, 5.74) is 5.45. The number of carbonyl (C=O) groups excluding carboxylic acids is 2. The maximum absolute atomic E-state index is 11.8. The first kappa shape index (κ1) is 16.8. The predicted octanol–water partition coefficient (Wildman–Crippen LogP) is 1.57. The first-order chi connectivity index (χ1) is 9.23. The van der Waals surface area contributed by atoms with Crippen molar-refractivity contribution >= 4 is 12.1 Å². The van der Waals surface area contributed by atoms with Crippen LogP contribution in [-0.4, -0.2) is 36.4 Å². The highest BCUT2D eigenvalue weighted by Crippen LogP contribution is 2.25. The zero-order valence-corrected chi connectivity index (χ0v) is 12.8. The molecule has 0 aliphatic heterocycles. The van der Waals surface area contributed by atoms with Gasteiger partial charge in [0.05, 0.1) is 12.5 Å². The largest absolute Gasteiger partial charge is 0.466 e. The van der Waals surface area contributed by atoms with Gasteiger partial charge in [0.15, 0.2) is 0 Å². The number of esters is 1.